The van der Waals surface area contributed by atoms with Gasteiger partial charge in [-0.15, -0.1) is 0 Å². The van der Waals surface area contributed by atoms with E-state index in [4.69, 9.17) is 4.74 Å². The predicted molar refractivity (Wildman–Crippen MR) is 280 cm³/mol. The molecule has 474 valence electrons. The third-order valence-corrected chi connectivity index (χ3v) is 14.5. The molecule has 0 bridgehead atoms. The molecule has 1 heterocycles. The number of hydrogen-bond acceptors (Lipinski definition) is 4. The topological polar surface area (TPSA) is 60.1 Å². The van der Waals surface area contributed by atoms with Crippen LogP contribution in [0.25, 0.3) is 32.3 Å². The summed E-state index contributed by atoms with van der Waals surface area (Å²) in [6.45, 7) is 0.103. The van der Waals surface area contributed by atoms with E-state index in [2.05, 4.69) is 29.2 Å². The molecule has 0 saturated carbocycles. The number of ketones is 1. The van der Waals surface area contributed by atoms with Gasteiger partial charge in [-0.2, -0.15) is 132 Å². The van der Waals surface area contributed by atoms with Crippen molar-refractivity contribution in [3.05, 3.63) is 232 Å². The second-order valence-corrected chi connectivity index (χ2v) is 20.4. The predicted octanol–water partition coefficient (Wildman–Crippen LogP) is 16.6. The van der Waals surface area contributed by atoms with Crippen molar-refractivity contribution in [3.8, 4) is 5.75 Å². The molecule has 0 saturated heterocycles. The van der Waals surface area contributed by atoms with Gasteiger partial charge in [0.05, 0.1) is 50.7 Å². The van der Waals surface area contributed by atoms with E-state index >= 15 is 0 Å². The van der Waals surface area contributed by atoms with Crippen molar-refractivity contribution in [1.29, 1.82) is 0 Å². The molecule has 91 heavy (non-hydrogen) atoms. The monoisotopic (exact) mass is 1310 g/mol. The molecule has 10 rings (SSSR count). The van der Waals surface area contributed by atoms with Crippen LogP contribution >= 0.6 is 0 Å². The van der Waals surface area contributed by atoms with E-state index in [9.17, 15) is 115 Å². The first-order chi connectivity index (χ1) is 41.9. The van der Waals surface area contributed by atoms with Crippen molar-refractivity contribution in [1.82, 2.24) is 4.98 Å². The Labute approximate surface area is 494 Å². The Kier molecular flexibility index (Phi) is 16.8. The van der Waals surface area contributed by atoms with E-state index in [0.717, 1.165) is 32.3 Å². The van der Waals surface area contributed by atoms with E-state index in [1.807, 2.05) is 48.5 Å². The fraction of sp³-hybridized carbons (Fsp3) is 0.148. The minimum Gasteiger partial charge on any atom is -0.421 e. The number of Topliss-reactive ketones (excluding diaryl/α,β-unsaturated/α-hetero) is 1. The van der Waals surface area contributed by atoms with Gasteiger partial charge in [0.2, 0.25) is 24.2 Å². The molecule has 0 radical (unpaired) electrons. The Morgan fingerprint density at radius 3 is 1.07 bits per heavy atom. The zero-order chi connectivity index (χ0) is 67.0. The minimum atomic E-state index is -6.13. The smallest absolute Gasteiger partial charge is 0.416 e. The summed E-state index contributed by atoms with van der Waals surface area (Å²) >= 11 is 0. The van der Waals surface area contributed by atoms with Crippen molar-refractivity contribution in [2.24, 2.45) is 0 Å². The lowest BCUT2D eigenvalue weighted by Gasteiger charge is -2.46. The summed E-state index contributed by atoms with van der Waals surface area (Å²) < 4.78 is 348. The Morgan fingerprint density at radius 1 is 0.385 bits per heavy atom. The lowest BCUT2D eigenvalue weighted by Crippen LogP contribution is -2.75. The summed E-state index contributed by atoms with van der Waals surface area (Å²) in [5.41, 5.74) is -29.5. The lowest BCUT2D eigenvalue weighted by molar-refractivity contribution is -0.683. The van der Waals surface area contributed by atoms with Crippen LogP contribution in [0.5, 0.6) is 5.75 Å². The molecule has 0 N–H and O–H groups in total. The fourth-order valence-electron chi connectivity index (χ4n) is 10.5. The van der Waals surface area contributed by atoms with Crippen LogP contribution in [0.15, 0.2) is 176 Å². The molecule has 5 nitrogen and oxygen atoms in total. The molecule has 0 aliphatic carbocycles. The van der Waals surface area contributed by atoms with Gasteiger partial charge in [0.15, 0.2) is 6.20 Å². The van der Waals surface area contributed by atoms with E-state index < -0.39 is 201 Å². The molecular weight excluding hydrogens is 1280 g/mol. The quantitative estimate of drug-likeness (QED) is 0.0275. The maximum atomic E-state index is 14.2. The van der Waals surface area contributed by atoms with Crippen LogP contribution in [0.2, 0.25) is 0 Å². The number of halogens is 24. The molecule has 9 aromatic carbocycles. The van der Waals surface area contributed by atoms with E-state index in [0.29, 0.717) is 11.3 Å². The highest BCUT2D eigenvalue weighted by atomic mass is 19.4. The van der Waals surface area contributed by atoms with Crippen molar-refractivity contribution in [3.63, 3.8) is 0 Å². The Bertz CT molecular complexity index is 3960. The number of carbonyl (C=O) groups is 2. The van der Waals surface area contributed by atoms with Crippen LogP contribution in [-0.4, -0.2) is 22.9 Å². The number of alkyl halides is 24. The van der Waals surface area contributed by atoms with E-state index in [1.165, 1.54) is 6.20 Å². The molecular formula is C61H31BF24N2O3. The average molecular weight is 1310 g/mol. The average Bonchev–Trinajstić information content (AvgIpc) is 0.717. The van der Waals surface area contributed by atoms with Crippen molar-refractivity contribution in [2.45, 2.75) is 56.0 Å². The van der Waals surface area contributed by atoms with E-state index in [1.54, 1.807) is 29.1 Å². The largest absolute Gasteiger partial charge is 0.421 e. The maximum absolute atomic E-state index is 14.2. The van der Waals surface area contributed by atoms with Gasteiger partial charge in [-0.25, -0.2) is 9.78 Å². The highest BCUT2D eigenvalue weighted by Gasteiger charge is 2.47. The molecule has 0 amide bonds. The fourth-order valence-corrected chi connectivity index (χ4v) is 10.5. The zero-order valence-electron chi connectivity index (χ0n) is 44.7. The van der Waals surface area contributed by atoms with Crippen molar-refractivity contribution in [2.75, 3.05) is 0 Å². The molecule has 1 aromatic heterocycles. The molecule has 10 aromatic rings. The minimum absolute atomic E-state index is 0.0529. The van der Waals surface area contributed by atoms with Crippen LogP contribution in [0.3, 0.4) is 0 Å². The summed E-state index contributed by atoms with van der Waals surface area (Å²) in [4.78, 5) is 29.7. The molecule has 30 heteroatoms. The number of nitrogens with zero attached hydrogens (tertiary/aromatic N) is 2. The summed E-state index contributed by atoms with van der Waals surface area (Å²) in [5, 5.41) is 6.49. The number of rotatable bonds is 9. The van der Waals surface area contributed by atoms with Crippen LogP contribution in [0, 0.1) is 0 Å². The summed E-state index contributed by atoms with van der Waals surface area (Å²) in [6.07, 6.45) is -50.1. The number of ether oxygens (including phenoxy) is 1. The standard InChI is InChI=1S/C32H12BF24.C29H19N2O3/c34-25(35,36)13-1-14(26(37,38)39)6-21(5-13)33(22-7-15(27(40,41)42)2-16(8-22)28(43,44)45,23-9-17(29(46,47)48)3-18(10-23)30(49,50)51)24-11-19(31(52,53)54)4-20(12-24)32(55,56)57;32-25(19-5-2-1-3-6-19)18-31-16-15-30-24(17-31)29(33)34-26-14-12-22-10-9-20-7-4-8-21-11-13-23(26)28(22)27(20)21/h1-12H;1-17H,18H2/q-1;+1. The Hall–Kier alpha value is -9.38. The maximum Gasteiger partial charge on any atom is 0.416 e. The zero-order valence-corrected chi connectivity index (χ0v) is 44.7. The molecule has 0 aliphatic heterocycles. The van der Waals surface area contributed by atoms with Crippen LogP contribution in [-0.2, 0) is 56.0 Å². The number of benzene rings is 9. The van der Waals surface area contributed by atoms with Gasteiger partial charge < -0.3 is 4.74 Å². The van der Waals surface area contributed by atoms with Gasteiger partial charge in [-0.1, -0.05) is 121 Å². The Morgan fingerprint density at radius 2 is 0.714 bits per heavy atom. The van der Waals surface area contributed by atoms with Gasteiger partial charge in [0, 0.05) is 16.3 Å². The first kappa shape index (κ1) is 66.1. The second-order valence-electron chi connectivity index (χ2n) is 20.4. The summed E-state index contributed by atoms with van der Waals surface area (Å²) in [7, 11) is 0. The molecule has 0 fully saturated rings. The SMILES string of the molecule is FC(F)(F)c1cc([B-](c2cc(C(F)(F)F)cc(C(F)(F)F)c2)(c2cc(C(F)(F)F)cc(C(F)(F)F)c2)c2cc(C(F)(F)F)cc(C(F)(F)F)c2)cc(C(F)(F)F)c1.O=C(C[n+]1ccnc(C(=O)Oc2ccc3ccc4cccc5ccc2c3c45)c1)c1ccccc1. The number of aromatic nitrogens is 2. The number of carbonyl (C=O) groups excluding carboxylic acids is 2. The van der Waals surface area contributed by atoms with Gasteiger partial charge >= 0.3 is 55.4 Å². The van der Waals surface area contributed by atoms with Gasteiger partial charge in [-0.3, -0.25) is 4.79 Å². The van der Waals surface area contributed by atoms with Gasteiger partial charge in [0.1, 0.15) is 11.9 Å². The van der Waals surface area contributed by atoms with Gasteiger partial charge in [-0.05, 0) is 57.9 Å². The first-order valence-electron chi connectivity index (χ1n) is 25.6. The number of hydrogen-bond donors (Lipinski definition) is 0. The molecule has 0 atom stereocenters. The highest BCUT2D eigenvalue weighted by Crippen LogP contribution is 2.43. The lowest BCUT2D eigenvalue weighted by atomic mass is 9.12. The second kappa shape index (κ2) is 23.1. The van der Waals surface area contributed by atoms with Crippen LogP contribution in [0.1, 0.15) is 65.4 Å². The summed E-state index contributed by atoms with van der Waals surface area (Å²) in [5.74, 6) is -0.146. The highest BCUT2D eigenvalue weighted by molar-refractivity contribution is 7.20. The van der Waals surface area contributed by atoms with Crippen molar-refractivity contribution < 1.29 is 124 Å². The molecule has 0 aliphatic rings. The third kappa shape index (κ3) is 13.9. The van der Waals surface area contributed by atoms with Crippen molar-refractivity contribution >= 4 is 72.1 Å². The van der Waals surface area contributed by atoms with E-state index in [-0.39, 0.29) is 18.0 Å². The normalized spacial score (nSPS) is 13.2. The third-order valence-electron chi connectivity index (χ3n) is 14.5. The molecule has 0 spiro atoms. The number of esters is 1. The van der Waals surface area contributed by atoms with Crippen LogP contribution < -0.4 is 31.2 Å². The molecule has 0 unspecified atom stereocenters. The van der Waals surface area contributed by atoms with Gasteiger partial charge in [0.25, 0.3) is 0 Å². The first-order valence-corrected chi connectivity index (χ1v) is 25.6. The summed E-state index contributed by atoms with van der Waals surface area (Å²) in [6, 6.07) is 18.5. The Balaban J connectivity index is 0.000000242. The van der Waals surface area contributed by atoms with Crippen LogP contribution in [0.4, 0.5) is 105 Å².